The predicted molar refractivity (Wildman–Crippen MR) is 73.4 cm³/mol. The Morgan fingerprint density at radius 3 is 2.82 bits per heavy atom. The van der Waals surface area contributed by atoms with Gasteiger partial charge in [0.25, 0.3) is 0 Å². The third kappa shape index (κ3) is 2.00. The molecule has 0 spiro atoms. The average molecular weight is 246 g/mol. The molecule has 1 saturated carbocycles. The van der Waals surface area contributed by atoms with E-state index in [4.69, 9.17) is 0 Å². The molecular weight excluding hydrogens is 228 g/mol. The molecule has 1 N–H and O–H groups in total. The van der Waals surface area contributed by atoms with Crippen LogP contribution in [0.4, 0.5) is 0 Å². The Bertz CT molecular complexity index is 526. The standard InChI is InChI=1S/C15H18OS/c1-15(10-16,12-6-7-12)8-11-9-17-14-5-3-2-4-13(11)14/h2-5,9,12,16H,6-8,10H2,1H3. The molecule has 1 aliphatic rings. The second kappa shape index (κ2) is 4.11. The van der Waals surface area contributed by atoms with Crippen LogP contribution in [0.15, 0.2) is 29.6 Å². The minimum absolute atomic E-state index is 0.0871. The molecule has 3 rings (SSSR count). The highest BCUT2D eigenvalue weighted by molar-refractivity contribution is 7.17. The first kappa shape index (κ1) is 11.2. The highest BCUT2D eigenvalue weighted by Crippen LogP contribution is 2.48. The van der Waals surface area contributed by atoms with E-state index in [1.807, 2.05) is 11.3 Å². The summed E-state index contributed by atoms with van der Waals surface area (Å²) < 4.78 is 1.36. The minimum atomic E-state index is 0.0871. The lowest BCUT2D eigenvalue weighted by molar-refractivity contribution is 0.120. The van der Waals surface area contributed by atoms with Gasteiger partial charge >= 0.3 is 0 Å². The summed E-state index contributed by atoms with van der Waals surface area (Å²) >= 11 is 1.82. The van der Waals surface area contributed by atoms with E-state index in [1.54, 1.807) is 0 Å². The maximum atomic E-state index is 9.67. The van der Waals surface area contributed by atoms with Crippen LogP contribution in [0.1, 0.15) is 25.3 Å². The Morgan fingerprint density at radius 1 is 1.35 bits per heavy atom. The molecule has 1 aromatic heterocycles. The van der Waals surface area contributed by atoms with Crippen molar-refractivity contribution < 1.29 is 5.11 Å². The third-order valence-corrected chi connectivity index (χ3v) is 5.09. The minimum Gasteiger partial charge on any atom is -0.396 e. The Kier molecular flexibility index (Phi) is 2.72. The van der Waals surface area contributed by atoms with Crippen molar-refractivity contribution in [3.05, 3.63) is 35.2 Å². The summed E-state index contributed by atoms with van der Waals surface area (Å²) in [7, 11) is 0. The van der Waals surface area contributed by atoms with Gasteiger partial charge in [0.15, 0.2) is 0 Å². The van der Waals surface area contributed by atoms with Gasteiger partial charge in [0.1, 0.15) is 0 Å². The quantitative estimate of drug-likeness (QED) is 0.868. The molecule has 2 aromatic rings. The first-order valence-electron chi connectivity index (χ1n) is 6.29. The highest BCUT2D eigenvalue weighted by atomic mass is 32.1. The molecule has 0 radical (unpaired) electrons. The molecule has 0 saturated heterocycles. The molecule has 2 heteroatoms. The van der Waals surface area contributed by atoms with E-state index < -0.39 is 0 Å². The second-order valence-electron chi connectivity index (χ2n) is 5.52. The zero-order chi connectivity index (χ0) is 11.9. The molecule has 1 nitrogen and oxygen atoms in total. The van der Waals surface area contributed by atoms with Crippen molar-refractivity contribution in [3.63, 3.8) is 0 Å². The fourth-order valence-electron chi connectivity index (χ4n) is 2.71. The molecule has 1 unspecified atom stereocenters. The Balaban J connectivity index is 1.94. The number of fused-ring (bicyclic) bond motifs is 1. The molecule has 17 heavy (non-hydrogen) atoms. The van der Waals surface area contributed by atoms with Crippen molar-refractivity contribution in [2.75, 3.05) is 6.61 Å². The largest absolute Gasteiger partial charge is 0.396 e. The number of benzene rings is 1. The van der Waals surface area contributed by atoms with Crippen LogP contribution >= 0.6 is 11.3 Å². The summed E-state index contributed by atoms with van der Waals surface area (Å²) in [5.41, 5.74) is 1.50. The molecule has 1 heterocycles. The van der Waals surface area contributed by atoms with E-state index in [9.17, 15) is 5.11 Å². The monoisotopic (exact) mass is 246 g/mol. The zero-order valence-electron chi connectivity index (χ0n) is 10.1. The molecule has 1 aliphatic carbocycles. The first-order valence-corrected chi connectivity index (χ1v) is 7.17. The van der Waals surface area contributed by atoms with Gasteiger partial charge in [-0.05, 0) is 53.0 Å². The van der Waals surface area contributed by atoms with Crippen molar-refractivity contribution in [1.82, 2.24) is 0 Å². The normalized spacial score (nSPS) is 19.4. The van der Waals surface area contributed by atoms with E-state index in [0.29, 0.717) is 6.61 Å². The van der Waals surface area contributed by atoms with Crippen molar-refractivity contribution in [2.45, 2.75) is 26.2 Å². The lowest BCUT2D eigenvalue weighted by Gasteiger charge is -2.27. The van der Waals surface area contributed by atoms with Crippen LogP contribution in [-0.2, 0) is 6.42 Å². The van der Waals surface area contributed by atoms with Gasteiger partial charge < -0.3 is 5.11 Å². The van der Waals surface area contributed by atoms with Crippen LogP contribution in [0.2, 0.25) is 0 Å². The van der Waals surface area contributed by atoms with Gasteiger partial charge in [0, 0.05) is 11.3 Å². The van der Waals surface area contributed by atoms with Crippen LogP contribution in [0, 0.1) is 11.3 Å². The summed E-state index contributed by atoms with van der Waals surface area (Å²) in [6.45, 7) is 2.54. The van der Waals surface area contributed by atoms with Crippen LogP contribution in [0.25, 0.3) is 10.1 Å². The van der Waals surface area contributed by atoms with Crippen LogP contribution in [0.3, 0.4) is 0 Å². The number of hydrogen-bond donors (Lipinski definition) is 1. The number of rotatable bonds is 4. The molecule has 0 bridgehead atoms. The topological polar surface area (TPSA) is 20.2 Å². The third-order valence-electron chi connectivity index (χ3n) is 4.08. The van der Waals surface area contributed by atoms with Crippen LogP contribution in [0.5, 0.6) is 0 Å². The number of thiophene rings is 1. The van der Waals surface area contributed by atoms with Crippen molar-refractivity contribution in [3.8, 4) is 0 Å². The molecular formula is C15H18OS. The van der Waals surface area contributed by atoms with Gasteiger partial charge in [-0.25, -0.2) is 0 Å². The molecule has 1 aromatic carbocycles. The fourth-order valence-corrected chi connectivity index (χ4v) is 3.68. The van der Waals surface area contributed by atoms with Crippen molar-refractivity contribution in [2.24, 2.45) is 11.3 Å². The lowest BCUT2D eigenvalue weighted by atomic mass is 9.80. The number of aliphatic hydroxyl groups is 1. The van der Waals surface area contributed by atoms with E-state index >= 15 is 0 Å². The van der Waals surface area contributed by atoms with E-state index in [0.717, 1.165) is 12.3 Å². The van der Waals surface area contributed by atoms with E-state index in [-0.39, 0.29) is 5.41 Å². The lowest BCUT2D eigenvalue weighted by Crippen LogP contribution is -2.26. The van der Waals surface area contributed by atoms with Gasteiger partial charge in [-0.15, -0.1) is 11.3 Å². The SMILES string of the molecule is CC(CO)(Cc1csc2ccccc12)C1CC1. The Morgan fingerprint density at radius 2 is 2.12 bits per heavy atom. The van der Waals surface area contributed by atoms with Crippen molar-refractivity contribution in [1.29, 1.82) is 0 Å². The number of aliphatic hydroxyl groups excluding tert-OH is 1. The van der Waals surface area contributed by atoms with Gasteiger partial charge in [0.05, 0.1) is 0 Å². The summed E-state index contributed by atoms with van der Waals surface area (Å²) in [6, 6.07) is 8.57. The zero-order valence-corrected chi connectivity index (χ0v) is 11.0. The summed E-state index contributed by atoms with van der Waals surface area (Å²) in [5.74, 6) is 0.728. The number of hydrogen-bond acceptors (Lipinski definition) is 2. The van der Waals surface area contributed by atoms with Gasteiger partial charge in [-0.2, -0.15) is 0 Å². The molecule has 90 valence electrons. The first-order chi connectivity index (χ1) is 8.23. The van der Waals surface area contributed by atoms with Crippen LogP contribution < -0.4 is 0 Å². The fraction of sp³-hybridized carbons (Fsp3) is 0.467. The highest BCUT2D eigenvalue weighted by Gasteiger charge is 2.41. The maximum absolute atomic E-state index is 9.67. The summed E-state index contributed by atoms with van der Waals surface area (Å²) in [4.78, 5) is 0. The van der Waals surface area contributed by atoms with Gasteiger partial charge in [0.2, 0.25) is 0 Å². The second-order valence-corrected chi connectivity index (χ2v) is 6.43. The average Bonchev–Trinajstić information content (AvgIpc) is 3.14. The Labute approximate surface area is 106 Å². The molecule has 0 amide bonds. The van der Waals surface area contributed by atoms with E-state index in [2.05, 4.69) is 36.6 Å². The van der Waals surface area contributed by atoms with Gasteiger partial charge in [-0.1, -0.05) is 25.1 Å². The molecule has 1 atom stereocenters. The maximum Gasteiger partial charge on any atom is 0.0490 e. The summed E-state index contributed by atoms with van der Waals surface area (Å²) in [5, 5.41) is 13.3. The molecule has 0 aliphatic heterocycles. The smallest absolute Gasteiger partial charge is 0.0490 e. The summed E-state index contributed by atoms with van der Waals surface area (Å²) in [6.07, 6.45) is 3.59. The van der Waals surface area contributed by atoms with Crippen molar-refractivity contribution >= 4 is 21.4 Å². The predicted octanol–water partition coefficient (Wildman–Crippen LogP) is 3.85. The van der Waals surface area contributed by atoms with Gasteiger partial charge in [-0.3, -0.25) is 0 Å². The Hall–Kier alpha value is -0.860. The van der Waals surface area contributed by atoms with Crippen LogP contribution in [-0.4, -0.2) is 11.7 Å². The van der Waals surface area contributed by atoms with E-state index in [1.165, 1.54) is 28.5 Å². The molecule has 1 fully saturated rings.